The van der Waals surface area contributed by atoms with E-state index in [9.17, 15) is 4.79 Å². The van der Waals surface area contributed by atoms with E-state index in [0.29, 0.717) is 5.92 Å². The average Bonchev–Trinajstić information content (AvgIpc) is 2.08. The topological polar surface area (TPSA) is 58.6 Å². The van der Waals surface area contributed by atoms with Crippen LogP contribution in [0.3, 0.4) is 0 Å². The molecule has 1 amide bonds. The van der Waals surface area contributed by atoms with Gasteiger partial charge in [-0.05, 0) is 31.6 Å². The number of hydrogen-bond donors (Lipinski definition) is 2. The number of ether oxygens (including phenoxy) is 1. The number of carboxylic acid groups (broad SMARTS) is 1. The molecule has 0 radical (unpaired) electrons. The molecule has 1 aliphatic carbocycles. The summed E-state index contributed by atoms with van der Waals surface area (Å²) in [5.41, 5.74) is 0. The Morgan fingerprint density at radius 3 is 2.43 bits per heavy atom. The fourth-order valence-corrected chi connectivity index (χ4v) is 1.88. The quantitative estimate of drug-likeness (QED) is 0.679. The minimum atomic E-state index is -0.907. The Kier molecular flexibility index (Phi) is 7.64. The summed E-state index contributed by atoms with van der Waals surface area (Å²) in [6, 6.07) is 0.158. The first-order valence-electron chi connectivity index (χ1n) is 4.70. The van der Waals surface area contributed by atoms with Gasteiger partial charge in [0.25, 0.3) is 0 Å². The van der Waals surface area contributed by atoms with Crippen molar-refractivity contribution in [3.8, 4) is 0 Å². The Morgan fingerprint density at radius 1 is 1.43 bits per heavy atom. The number of amides is 1. The standard InChI is InChI=1S/C9H17NO3.Na.H/c1-13-6-7-2-4-8(5-3-7)10-9(11)12;;/h7-8,10H,2-6H2,1H3,(H,11,12);;. The Bertz CT molecular complexity index is 169. The Morgan fingerprint density at radius 2 is 2.00 bits per heavy atom. The summed E-state index contributed by atoms with van der Waals surface area (Å²) in [4.78, 5) is 10.3. The van der Waals surface area contributed by atoms with Crippen LogP contribution in [0.5, 0.6) is 0 Å². The third-order valence-electron chi connectivity index (χ3n) is 2.58. The predicted molar refractivity (Wildman–Crippen MR) is 55.9 cm³/mol. The molecule has 0 heterocycles. The van der Waals surface area contributed by atoms with Gasteiger partial charge in [0.1, 0.15) is 0 Å². The molecule has 0 atom stereocenters. The van der Waals surface area contributed by atoms with E-state index in [1.165, 1.54) is 0 Å². The third kappa shape index (κ3) is 5.20. The van der Waals surface area contributed by atoms with E-state index in [0.717, 1.165) is 32.3 Å². The van der Waals surface area contributed by atoms with Gasteiger partial charge in [0, 0.05) is 19.8 Å². The number of carbonyl (C=O) groups is 1. The molecule has 4 nitrogen and oxygen atoms in total. The predicted octanol–water partition coefficient (Wildman–Crippen LogP) is 0.811. The first-order valence-corrected chi connectivity index (χ1v) is 4.70. The molecular formula is C9H18NNaO3. The molecule has 0 aromatic heterocycles. The van der Waals surface area contributed by atoms with Gasteiger partial charge in [-0.3, -0.25) is 0 Å². The molecule has 0 aromatic carbocycles. The van der Waals surface area contributed by atoms with Crippen molar-refractivity contribution in [3.63, 3.8) is 0 Å². The molecule has 0 spiro atoms. The van der Waals surface area contributed by atoms with E-state index in [1.54, 1.807) is 7.11 Å². The number of hydrogen-bond acceptors (Lipinski definition) is 2. The average molecular weight is 211 g/mol. The van der Waals surface area contributed by atoms with Crippen LogP contribution < -0.4 is 5.32 Å². The van der Waals surface area contributed by atoms with Crippen molar-refractivity contribution in [1.82, 2.24) is 5.32 Å². The normalized spacial score (nSPS) is 26.4. The van der Waals surface area contributed by atoms with E-state index in [-0.39, 0.29) is 35.6 Å². The van der Waals surface area contributed by atoms with E-state index in [1.807, 2.05) is 0 Å². The van der Waals surface area contributed by atoms with Gasteiger partial charge < -0.3 is 15.2 Å². The summed E-state index contributed by atoms with van der Waals surface area (Å²) >= 11 is 0. The van der Waals surface area contributed by atoms with Gasteiger partial charge in [-0.1, -0.05) is 0 Å². The van der Waals surface area contributed by atoms with Gasteiger partial charge in [0.05, 0.1) is 0 Å². The Labute approximate surface area is 107 Å². The molecule has 1 rings (SSSR count). The van der Waals surface area contributed by atoms with Gasteiger partial charge in [0.15, 0.2) is 0 Å². The first kappa shape index (κ1) is 14.2. The zero-order valence-electron chi connectivity index (χ0n) is 7.95. The Hall–Kier alpha value is 0.230. The van der Waals surface area contributed by atoms with Crippen LogP contribution in [0.15, 0.2) is 0 Å². The van der Waals surface area contributed by atoms with Crippen LogP contribution in [0, 0.1) is 5.92 Å². The van der Waals surface area contributed by atoms with Crippen LogP contribution in [-0.2, 0) is 4.74 Å². The van der Waals surface area contributed by atoms with Crippen molar-refractivity contribution < 1.29 is 14.6 Å². The summed E-state index contributed by atoms with van der Waals surface area (Å²) in [6.45, 7) is 0.805. The third-order valence-corrected chi connectivity index (χ3v) is 2.58. The van der Waals surface area contributed by atoms with Gasteiger partial charge in [0.2, 0.25) is 0 Å². The van der Waals surface area contributed by atoms with Crippen molar-refractivity contribution in [1.29, 1.82) is 0 Å². The van der Waals surface area contributed by atoms with Crippen molar-refractivity contribution >= 4 is 35.7 Å². The molecular weight excluding hydrogens is 193 g/mol. The molecule has 0 saturated heterocycles. The maximum absolute atomic E-state index is 10.3. The summed E-state index contributed by atoms with van der Waals surface area (Å²) in [5.74, 6) is 0.622. The second-order valence-corrected chi connectivity index (χ2v) is 3.62. The second kappa shape index (κ2) is 7.51. The molecule has 1 saturated carbocycles. The SMILES string of the molecule is COCC1CCC(NC(=O)O)CC1.[NaH]. The molecule has 1 aliphatic rings. The van der Waals surface area contributed by atoms with Crippen molar-refractivity contribution in [2.24, 2.45) is 5.92 Å². The molecule has 0 bridgehead atoms. The molecule has 1 fully saturated rings. The zero-order chi connectivity index (χ0) is 9.68. The molecule has 14 heavy (non-hydrogen) atoms. The summed E-state index contributed by atoms with van der Waals surface area (Å²) in [5, 5.41) is 11.0. The van der Waals surface area contributed by atoms with Crippen LogP contribution in [-0.4, -0.2) is 60.5 Å². The van der Waals surface area contributed by atoms with E-state index in [4.69, 9.17) is 9.84 Å². The first-order chi connectivity index (χ1) is 6.22. The monoisotopic (exact) mass is 211 g/mol. The van der Waals surface area contributed by atoms with Crippen molar-refractivity contribution in [2.45, 2.75) is 31.7 Å². The molecule has 0 aromatic rings. The van der Waals surface area contributed by atoms with Gasteiger partial charge in [-0.2, -0.15) is 0 Å². The molecule has 0 aliphatic heterocycles. The molecule has 5 heteroatoms. The van der Waals surface area contributed by atoms with Gasteiger partial charge in [-0.15, -0.1) is 0 Å². The minimum absolute atomic E-state index is 0. The zero-order valence-corrected chi connectivity index (χ0v) is 7.95. The number of nitrogens with one attached hydrogen (secondary N) is 1. The fraction of sp³-hybridized carbons (Fsp3) is 0.889. The molecule has 0 unspecified atom stereocenters. The van der Waals surface area contributed by atoms with Crippen molar-refractivity contribution in [3.05, 3.63) is 0 Å². The molecule has 2 N–H and O–H groups in total. The van der Waals surface area contributed by atoms with Gasteiger partial charge in [-0.25, -0.2) is 4.79 Å². The van der Waals surface area contributed by atoms with Gasteiger partial charge >= 0.3 is 35.7 Å². The Balaban J connectivity index is 0.00000169. The number of rotatable bonds is 3. The summed E-state index contributed by atoms with van der Waals surface area (Å²) in [6.07, 6.45) is 3.12. The van der Waals surface area contributed by atoms with Crippen LogP contribution in [0.2, 0.25) is 0 Å². The maximum atomic E-state index is 10.3. The fourth-order valence-electron chi connectivity index (χ4n) is 1.88. The van der Waals surface area contributed by atoms with E-state index < -0.39 is 6.09 Å². The summed E-state index contributed by atoms with van der Waals surface area (Å²) in [7, 11) is 1.71. The van der Waals surface area contributed by atoms with Crippen LogP contribution in [0.4, 0.5) is 4.79 Å². The second-order valence-electron chi connectivity index (χ2n) is 3.62. The molecule has 78 valence electrons. The van der Waals surface area contributed by atoms with E-state index >= 15 is 0 Å². The van der Waals surface area contributed by atoms with Crippen molar-refractivity contribution in [2.75, 3.05) is 13.7 Å². The van der Waals surface area contributed by atoms with E-state index in [2.05, 4.69) is 5.32 Å². The van der Waals surface area contributed by atoms with Crippen LogP contribution >= 0.6 is 0 Å². The van der Waals surface area contributed by atoms with Crippen LogP contribution in [0.1, 0.15) is 25.7 Å². The number of methoxy groups -OCH3 is 1. The van der Waals surface area contributed by atoms with Crippen LogP contribution in [0.25, 0.3) is 0 Å². The summed E-state index contributed by atoms with van der Waals surface area (Å²) < 4.78 is 5.06.